The number of nitrogens with zero attached hydrogens (tertiary/aromatic N) is 1. The van der Waals surface area contributed by atoms with Gasteiger partial charge in [0.25, 0.3) is 0 Å². The summed E-state index contributed by atoms with van der Waals surface area (Å²) in [7, 11) is 0. The van der Waals surface area contributed by atoms with Gasteiger partial charge in [-0.1, -0.05) is 26.0 Å². The predicted molar refractivity (Wildman–Crippen MR) is 62.8 cm³/mol. The maximum Gasteiger partial charge on any atom is 0.337 e. The summed E-state index contributed by atoms with van der Waals surface area (Å²) < 4.78 is 0. The first-order valence-electron chi connectivity index (χ1n) is 5.21. The molecule has 1 aromatic heterocycles. The predicted octanol–water partition coefficient (Wildman–Crippen LogP) is 3.06. The molecule has 0 amide bonds. The van der Waals surface area contributed by atoms with Crippen LogP contribution in [-0.2, 0) is 0 Å². The van der Waals surface area contributed by atoms with Gasteiger partial charge < -0.3 is 5.11 Å². The number of carbonyl (C=O) groups is 1. The molecule has 0 radical (unpaired) electrons. The lowest BCUT2D eigenvalue weighted by Gasteiger charge is -2.06. The zero-order chi connectivity index (χ0) is 11.7. The van der Waals surface area contributed by atoms with Crippen LogP contribution in [0, 0.1) is 0 Å². The van der Waals surface area contributed by atoms with E-state index in [9.17, 15) is 4.79 Å². The Morgan fingerprint density at radius 3 is 2.69 bits per heavy atom. The molecule has 82 valence electrons. The molecule has 0 saturated heterocycles. The fraction of sp³-hybridized carbons (Fsp3) is 0.231. The van der Waals surface area contributed by atoms with Gasteiger partial charge in [-0.3, -0.25) is 4.98 Å². The van der Waals surface area contributed by atoms with E-state index >= 15 is 0 Å². The van der Waals surface area contributed by atoms with Crippen molar-refractivity contribution in [2.75, 3.05) is 0 Å². The minimum Gasteiger partial charge on any atom is -0.478 e. The summed E-state index contributed by atoms with van der Waals surface area (Å²) in [5, 5.41) is 9.71. The Balaban J connectivity index is 2.57. The highest BCUT2D eigenvalue weighted by Crippen LogP contribution is 2.20. The molecule has 1 aromatic carbocycles. The number of fused-ring (bicyclic) bond motifs is 1. The zero-order valence-electron chi connectivity index (χ0n) is 9.27. The first kappa shape index (κ1) is 10.6. The SMILES string of the molecule is CC(C)c1ccc2cc(C(=O)O)cnc2c1. The molecule has 0 aliphatic rings. The number of aromatic carboxylic acids is 1. The Morgan fingerprint density at radius 1 is 1.31 bits per heavy atom. The number of aromatic nitrogens is 1. The fourth-order valence-electron chi connectivity index (χ4n) is 1.61. The highest BCUT2D eigenvalue weighted by atomic mass is 16.4. The zero-order valence-corrected chi connectivity index (χ0v) is 9.27. The second kappa shape index (κ2) is 3.93. The molecule has 0 spiro atoms. The van der Waals surface area contributed by atoms with Crippen LogP contribution in [0.3, 0.4) is 0 Å². The van der Waals surface area contributed by atoms with Gasteiger partial charge >= 0.3 is 5.97 Å². The molecule has 0 bridgehead atoms. The second-order valence-corrected chi connectivity index (χ2v) is 4.14. The monoisotopic (exact) mass is 215 g/mol. The summed E-state index contributed by atoms with van der Waals surface area (Å²) in [5.41, 5.74) is 2.28. The van der Waals surface area contributed by atoms with Crippen LogP contribution in [0.25, 0.3) is 10.9 Å². The van der Waals surface area contributed by atoms with E-state index in [1.54, 1.807) is 6.07 Å². The van der Waals surface area contributed by atoms with Gasteiger partial charge in [-0.05, 0) is 23.6 Å². The van der Waals surface area contributed by atoms with Crippen LogP contribution in [0.15, 0.2) is 30.5 Å². The number of carboxylic acids is 1. The van der Waals surface area contributed by atoms with Gasteiger partial charge in [-0.15, -0.1) is 0 Å². The third-order valence-electron chi connectivity index (χ3n) is 2.62. The van der Waals surface area contributed by atoms with Crippen molar-refractivity contribution in [1.82, 2.24) is 4.98 Å². The Hall–Kier alpha value is -1.90. The van der Waals surface area contributed by atoms with Gasteiger partial charge in [0.2, 0.25) is 0 Å². The molecule has 2 rings (SSSR count). The maximum atomic E-state index is 10.8. The summed E-state index contributed by atoms with van der Waals surface area (Å²) in [6.07, 6.45) is 1.40. The van der Waals surface area contributed by atoms with Crippen molar-refractivity contribution < 1.29 is 9.90 Å². The molecule has 1 N–H and O–H groups in total. The molecule has 2 aromatic rings. The van der Waals surface area contributed by atoms with Crippen LogP contribution in [0.2, 0.25) is 0 Å². The van der Waals surface area contributed by atoms with Gasteiger partial charge in [0.15, 0.2) is 0 Å². The van der Waals surface area contributed by atoms with E-state index in [2.05, 4.69) is 18.8 Å². The second-order valence-electron chi connectivity index (χ2n) is 4.14. The average molecular weight is 215 g/mol. The highest BCUT2D eigenvalue weighted by molar-refractivity contribution is 5.92. The van der Waals surface area contributed by atoms with Crippen LogP contribution in [0.1, 0.15) is 35.7 Å². The number of hydrogen-bond acceptors (Lipinski definition) is 2. The fourth-order valence-corrected chi connectivity index (χ4v) is 1.61. The van der Waals surface area contributed by atoms with Crippen molar-refractivity contribution in [3.63, 3.8) is 0 Å². The van der Waals surface area contributed by atoms with Crippen molar-refractivity contribution >= 4 is 16.9 Å². The van der Waals surface area contributed by atoms with Crippen molar-refractivity contribution in [1.29, 1.82) is 0 Å². The Kier molecular flexibility index (Phi) is 2.60. The molecule has 0 unspecified atom stereocenters. The molecule has 0 fully saturated rings. The number of hydrogen-bond donors (Lipinski definition) is 1. The molecule has 0 saturated carbocycles. The van der Waals surface area contributed by atoms with Crippen LogP contribution >= 0.6 is 0 Å². The lowest BCUT2D eigenvalue weighted by atomic mass is 10.0. The van der Waals surface area contributed by atoms with Crippen molar-refractivity contribution in [2.24, 2.45) is 0 Å². The minimum atomic E-state index is -0.942. The number of carboxylic acid groups (broad SMARTS) is 1. The Labute approximate surface area is 93.7 Å². The van der Waals surface area contributed by atoms with E-state index in [0.29, 0.717) is 5.92 Å². The molecule has 3 heteroatoms. The first-order valence-corrected chi connectivity index (χ1v) is 5.21. The number of benzene rings is 1. The van der Waals surface area contributed by atoms with Crippen LogP contribution in [-0.4, -0.2) is 16.1 Å². The highest BCUT2D eigenvalue weighted by Gasteiger charge is 2.06. The minimum absolute atomic E-state index is 0.227. The molecular weight excluding hydrogens is 202 g/mol. The largest absolute Gasteiger partial charge is 0.478 e. The van der Waals surface area contributed by atoms with Gasteiger partial charge in [0.05, 0.1) is 11.1 Å². The summed E-state index contributed by atoms with van der Waals surface area (Å²) >= 11 is 0. The van der Waals surface area contributed by atoms with E-state index in [-0.39, 0.29) is 5.56 Å². The van der Waals surface area contributed by atoms with E-state index in [0.717, 1.165) is 10.9 Å². The molecule has 16 heavy (non-hydrogen) atoms. The summed E-state index contributed by atoms with van der Waals surface area (Å²) in [6.45, 7) is 4.24. The number of pyridine rings is 1. The van der Waals surface area contributed by atoms with E-state index < -0.39 is 5.97 Å². The third-order valence-corrected chi connectivity index (χ3v) is 2.62. The quantitative estimate of drug-likeness (QED) is 0.837. The Morgan fingerprint density at radius 2 is 2.06 bits per heavy atom. The third kappa shape index (κ3) is 1.89. The molecule has 3 nitrogen and oxygen atoms in total. The maximum absolute atomic E-state index is 10.8. The standard InChI is InChI=1S/C13H13NO2/c1-8(2)9-3-4-10-5-11(13(15)16)7-14-12(10)6-9/h3-8H,1-2H3,(H,15,16). The van der Waals surface area contributed by atoms with Crippen molar-refractivity contribution in [2.45, 2.75) is 19.8 Å². The van der Waals surface area contributed by atoms with E-state index in [1.165, 1.54) is 11.8 Å². The van der Waals surface area contributed by atoms with Gasteiger partial charge in [0, 0.05) is 11.6 Å². The van der Waals surface area contributed by atoms with Crippen LogP contribution in [0.4, 0.5) is 0 Å². The lowest BCUT2D eigenvalue weighted by Crippen LogP contribution is -1.97. The molecule has 0 aliphatic heterocycles. The van der Waals surface area contributed by atoms with Crippen LogP contribution < -0.4 is 0 Å². The summed E-state index contributed by atoms with van der Waals surface area (Å²) in [4.78, 5) is 14.9. The molecule has 1 heterocycles. The van der Waals surface area contributed by atoms with Crippen molar-refractivity contribution in [3.8, 4) is 0 Å². The van der Waals surface area contributed by atoms with Crippen molar-refractivity contribution in [3.05, 3.63) is 41.6 Å². The smallest absolute Gasteiger partial charge is 0.337 e. The Bertz CT molecular complexity index is 547. The number of rotatable bonds is 2. The first-order chi connectivity index (χ1) is 7.58. The van der Waals surface area contributed by atoms with E-state index in [1.807, 2.05) is 18.2 Å². The lowest BCUT2D eigenvalue weighted by molar-refractivity contribution is 0.0696. The summed E-state index contributed by atoms with van der Waals surface area (Å²) in [5.74, 6) is -0.493. The topological polar surface area (TPSA) is 50.2 Å². The molecular formula is C13H13NO2. The van der Waals surface area contributed by atoms with E-state index in [4.69, 9.17) is 5.11 Å². The molecule has 0 atom stereocenters. The van der Waals surface area contributed by atoms with Gasteiger partial charge in [-0.2, -0.15) is 0 Å². The van der Waals surface area contributed by atoms with Gasteiger partial charge in [0.1, 0.15) is 0 Å². The van der Waals surface area contributed by atoms with Gasteiger partial charge in [-0.25, -0.2) is 4.79 Å². The normalized spacial score (nSPS) is 10.9. The molecule has 0 aliphatic carbocycles. The summed E-state index contributed by atoms with van der Waals surface area (Å²) in [6, 6.07) is 7.59. The van der Waals surface area contributed by atoms with Crippen LogP contribution in [0.5, 0.6) is 0 Å². The average Bonchev–Trinajstić information content (AvgIpc) is 2.27.